The van der Waals surface area contributed by atoms with Crippen LogP contribution in [0.2, 0.25) is 0 Å². The fraction of sp³-hybridized carbons (Fsp3) is 0.706. The average molecular weight is 305 g/mol. The van der Waals surface area contributed by atoms with Gasteiger partial charge in [-0.1, -0.05) is 13.0 Å². The van der Waals surface area contributed by atoms with Gasteiger partial charge >= 0.3 is 0 Å². The lowest BCUT2D eigenvalue weighted by Crippen LogP contribution is -2.45. The number of pyridine rings is 1. The summed E-state index contributed by atoms with van der Waals surface area (Å²) in [7, 11) is 0. The summed E-state index contributed by atoms with van der Waals surface area (Å²) in [5, 5.41) is 4.82. The monoisotopic (exact) mass is 305 g/mol. The summed E-state index contributed by atoms with van der Waals surface area (Å²) in [6, 6.07) is 7.66. The second kappa shape index (κ2) is 7.50. The second-order valence-electron chi connectivity index (χ2n) is 6.20. The molecule has 1 aliphatic heterocycles. The third-order valence-electron chi connectivity index (χ3n) is 4.73. The SMILES string of the molecule is CCSC1CCC(NC2CCN(c3ccccn3)CC2)C1. The van der Waals surface area contributed by atoms with Gasteiger partial charge in [-0.2, -0.15) is 11.8 Å². The Labute approximate surface area is 132 Å². The number of nitrogens with one attached hydrogen (secondary N) is 1. The van der Waals surface area contributed by atoms with Gasteiger partial charge in [0, 0.05) is 36.6 Å². The molecule has 1 N–H and O–H groups in total. The van der Waals surface area contributed by atoms with Crippen molar-refractivity contribution in [2.45, 2.75) is 56.4 Å². The molecule has 1 aromatic rings. The van der Waals surface area contributed by atoms with Gasteiger partial charge in [-0.05, 0) is 50.0 Å². The number of hydrogen-bond donors (Lipinski definition) is 1. The van der Waals surface area contributed by atoms with Crippen molar-refractivity contribution < 1.29 is 0 Å². The predicted octanol–water partition coefficient (Wildman–Crippen LogP) is 3.31. The van der Waals surface area contributed by atoms with Crippen molar-refractivity contribution in [2.75, 3.05) is 23.7 Å². The van der Waals surface area contributed by atoms with Crippen LogP contribution in [0, 0.1) is 0 Å². The van der Waals surface area contributed by atoms with Crippen LogP contribution in [-0.2, 0) is 0 Å². The molecule has 21 heavy (non-hydrogen) atoms. The van der Waals surface area contributed by atoms with Gasteiger partial charge in [-0.15, -0.1) is 0 Å². The van der Waals surface area contributed by atoms with Crippen molar-refractivity contribution in [3.63, 3.8) is 0 Å². The Morgan fingerprint density at radius 3 is 2.76 bits per heavy atom. The van der Waals surface area contributed by atoms with E-state index < -0.39 is 0 Å². The van der Waals surface area contributed by atoms with Crippen LogP contribution in [0.5, 0.6) is 0 Å². The van der Waals surface area contributed by atoms with Crippen LogP contribution in [0.4, 0.5) is 5.82 Å². The zero-order valence-corrected chi connectivity index (χ0v) is 13.8. The molecule has 1 saturated carbocycles. The van der Waals surface area contributed by atoms with Gasteiger partial charge in [0.2, 0.25) is 0 Å². The number of nitrogens with zero attached hydrogens (tertiary/aromatic N) is 2. The third-order valence-corrected chi connectivity index (χ3v) is 5.96. The predicted molar refractivity (Wildman–Crippen MR) is 92.2 cm³/mol. The fourth-order valence-electron chi connectivity index (χ4n) is 3.63. The van der Waals surface area contributed by atoms with Gasteiger partial charge in [0.1, 0.15) is 5.82 Å². The summed E-state index contributed by atoms with van der Waals surface area (Å²) >= 11 is 2.15. The molecule has 0 radical (unpaired) electrons. The van der Waals surface area contributed by atoms with E-state index in [0.29, 0.717) is 6.04 Å². The van der Waals surface area contributed by atoms with Crippen molar-refractivity contribution >= 4 is 17.6 Å². The summed E-state index contributed by atoms with van der Waals surface area (Å²) < 4.78 is 0. The molecule has 0 spiro atoms. The molecule has 0 aromatic carbocycles. The van der Waals surface area contributed by atoms with E-state index >= 15 is 0 Å². The lowest BCUT2D eigenvalue weighted by atomic mass is 10.0. The van der Waals surface area contributed by atoms with E-state index in [1.165, 1.54) is 37.9 Å². The highest BCUT2D eigenvalue weighted by atomic mass is 32.2. The molecule has 0 bridgehead atoms. The van der Waals surface area contributed by atoms with Crippen LogP contribution in [-0.4, -0.2) is 41.2 Å². The number of anilines is 1. The molecular weight excluding hydrogens is 278 g/mol. The van der Waals surface area contributed by atoms with E-state index in [-0.39, 0.29) is 0 Å². The second-order valence-corrected chi connectivity index (χ2v) is 7.78. The summed E-state index contributed by atoms with van der Waals surface area (Å²) in [5.41, 5.74) is 0. The van der Waals surface area contributed by atoms with E-state index in [4.69, 9.17) is 0 Å². The molecule has 0 amide bonds. The van der Waals surface area contributed by atoms with Gasteiger partial charge in [-0.3, -0.25) is 0 Å². The first-order valence-electron chi connectivity index (χ1n) is 8.38. The molecule has 4 heteroatoms. The number of rotatable bonds is 5. The van der Waals surface area contributed by atoms with E-state index in [0.717, 1.165) is 30.2 Å². The minimum absolute atomic E-state index is 0.709. The molecule has 3 nitrogen and oxygen atoms in total. The van der Waals surface area contributed by atoms with Crippen LogP contribution in [0.3, 0.4) is 0 Å². The van der Waals surface area contributed by atoms with E-state index in [2.05, 4.69) is 46.0 Å². The lowest BCUT2D eigenvalue weighted by molar-refractivity contribution is 0.367. The van der Waals surface area contributed by atoms with Crippen LogP contribution in [0.25, 0.3) is 0 Å². The molecule has 1 aromatic heterocycles. The fourth-order valence-corrected chi connectivity index (χ4v) is 4.77. The molecule has 3 rings (SSSR count). The number of hydrogen-bond acceptors (Lipinski definition) is 4. The maximum absolute atomic E-state index is 4.46. The molecule has 2 atom stereocenters. The Hall–Kier alpha value is -0.740. The largest absolute Gasteiger partial charge is 0.357 e. The quantitative estimate of drug-likeness (QED) is 0.903. The number of aromatic nitrogens is 1. The highest BCUT2D eigenvalue weighted by Gasteiger charge is 2.28. The molecule has 1 saturated heterocycles. The van der Waals surface area contributed by atoms with Crippen molar-refractivity contribution in [1.82, 2.24) is 10.3 Å². The summed E-state index contributed by atoms with van der Waals surface area (Å²) in [5.74, 6) is 2.40. The average Bonchev–Trinajstić information content (AvgIpc) is 2.97. The first-order chi connectivity index (χ1) is 10.3. The van der Waals surface area contributed by atoms with Crippen molar-refractivity contribution in [3.8, 4) is 0 Å². The minimum atomic E-state index is 0.709. The maximum Gasteiger partial charge on any atom is 0.128 e. The van der Waals surface area contributed by atoms with Crippen LogP contribution in [0.1, 0.15) is 39.0 Å². The Balaban J connectivity index is 1.42. The molecule has 1 aliphatic carbocycles. The van der Waals surface area contributed by atoms with E-state index in [9.17, 15) is 0 Å². The van der Waals surface area contributed by atoms with Gasteiger partial charge in [-0.25, -0.2) is 4.98 Å². The Bertz CT molecular complexity index is 417. The van der Waals surface area contributed by atoms with Crippen molar-refractivity contribution in [2.24, 2.45) is 0 Å². The summed E-state index contributed by atoms with van der Waals surface area (Å²) in [6.07, 6.45) is 8.54. The summed E-state index contributed by atoms with van der Waals surface area (Å²) in [6.45, 7) is 4.54. The minimum Gasteiger partial charge on any atom is -0.357 e. The van der Waals surface area contributed by atoms with Gasteiger partial charge in [0.05, 0.1) is 0 Å². The van der Waals surface area contributed by atoms with E-state index in [1.807, 2.05) is 12.3 Å². The van der Waals surface area contributed by atoms with Crippen molar-refractivity contribution in [1.29, 1.82) is 0 Å². The normalized spacial score (nSPS) is 27.2. The Morgan fingerprint density at radius 1 is 1.19 bits per heavy atom. The van der Waals surface area contributed by atoms with Crippen molar-refractivity contribution in [3.05, 3.63) is 24.4 Å². The number of thioether (sulfide) groups is 1. The topological polar surface area (TPSA) is 28.2 Å². The molecule has 2 aliphatic rings. The van der Waals surface area contributed by atoms with E-state index in [1.54, 1.807) is 0 Å². The molecule has 116 valence electrons. The lowest BCUT2D eigenvalue weighted by Gasteiger charge is -2.34. The van der Waals surface area contributed by atoms with Crippen LogP contribution < -0.4 is 10.2 Å². The van der Waals surface area contributed by atoms with Gasteiger partial charge in [0.25, 0.3) is 0 Å². The standard InChI is InChI=1S/C17H27N3S/c1-2-21-16-7-6-15(13-16)19-14-8-11-20(12-9-14)17-5-3-4-10-18-17/h3-5,10,14-16,19H,2,6-9,11-13H2,1H3. The molecule has 2 heterocycles. The highest BCUT2D eigenvalue weighted by Crippen LogP contribution is 2.30. The Morgan fingerprint density at radius 2 is 2.05 bits per heavy atom. The third kappa shape index (κ3) is 4.13. The highest BCUT2D eigenvalue weighted by molar-refractivity contribution is 7.99. The first kappa shape index (κ1) is 15.2. The molecule has 2 unspecified atom stereocenters. The maximum atomic E-state index is 4.46. The number of piperidine rings is 1. The van der Waals surface area contributed by atoms with Crippen LogP contribution >= 0.6 is 11.8 Å². The van der Waals surface area contributed by atoms with Gasteiger partial charge < -0.3 is 10.2 Å². The molecule has 2 fully saturated rings. The van der Waals surface area contributed by atoms with Crippen LogP contribution in [0.15, 0.2) is 24.4 Å². The smallest absolute Gasteiger partial charge is 0.128 e. The Kier molecular flexibility index (Phi) is 5.42. The zero-order valence-electron chi connectivity index (χ0n) is 13.0. The van der Waals surface area contributed by atoms with Gasteiger partial charge in [0.15, 0.2) is 0 Å². The molecular formula is C17H27N3S. The zero-order chi connectivity index (χ0) is 14.5. The first-order valence-corrected chi connectivity index (χ1v) is 9.43. The summed E-state index contributed by atoms with van der Waals surface area (Å²) in [4.78, 5) is 6.88.